The summed E-state index contributed by atoms with van der Waals surface area (Å²) in [6.45, 7) is 5.17. The quantitative estimate of drug-likeness (QED) is 0.549. The van der Waals surface area contributed by atoms with Crippen LogP contribution in [0.1, 0.15) is 6.92 Å². The second kappa shape index (κ2) is 3.18. The van der Waals surface area contributed by atoms with Gasteiger partial charge in [0.15, 0.2) is 0 Å². The zero-order chi connectivity index (χ0) is 12.4. The number of carbonyl (C=O) groups is 1. The minimum atomic E-state index is -1.88. The molecule has 2 rings (SSSR count). The molecule has 2 nitrogen and oxygen atoms in total. The Hall–Kier alpha value is 0.270. The van der Waals surface area contributed by atoms with Gasteiger partial charge < -0.3 is 4.74 Å². The molecule has 2 aliphatic heterocycles. The van der Waals surface area contributed by atoms with Gasteiger partial charge >= 0.3 is 0 Å². The molecule has 2 unspecified atom stereocenters. The van der Waals surface area contributed by atoms with E-state index in [2.05, 4.69) is 6.58 Å². The second-order valence-electron chi connectivity index (χ2n) is 4.02. The van der Waals surface area contributed by atoms with Crippen molar-refractivity contribution in [1.29, 1.82) is 0 Å². The van der Waals surface area contributed by atoms with Crippen molar-refractivity contribution < 1.29 is 9.53 Å². The number of rotatable bonds is 1. The molecule has 0 aromatic carbocycles. The van der Waals surface area contributed by atoms with Crippen molar-refractivity contribution in [2.75, 3.05) is 0 Å². The van der Waals surface area contributed by atoms with Gasteiger partial charge in [-0.25, -0.2) is 0 Å². The van der Waals surface area contributed by atoms with Crippen LogP contribution in [-0.4, -0.2) is 25.7 Å². The summed E-state index contributed by atoms with van der Waals surface area (Å²) in [6.07, 6.45) is 4.51. The van der Waals surface area contributed by atoms with Crippen LogP contribution in [0.5, 0.6) is 0 Å². The summed E-state index contributed by atoms with van der Waals surface area (Å²) in [6, 6.07) is 0. The van der Waals surface area contributed by atoms with Gasteiger partial charge in [0, 0.05) is 0 Å². The molecule has 2 atom stereocenters. The third-order valence-electron chi connectivity index (χ3n) is 3.02. The van der Waals surface area contributed by atoms with Gasteiger partial charge in [0.05, 0.1) is 0 Å². The summed E-state index contributed by atoms with van der Waals surface area (Å²) in [5.41, 5.74) is -2.44. The maximum absolute atomic E-state index is 12.1. The van der Waals surface area contributed by atoms with Gasteiger partial charge in [-0.2, -0.15) is 0 Å². The predicted octanol–water partition coefficient (Wildman–Crippen LogP) is 3.19. The van der Waals surface area contributed by atoms with E-state index in [0.29, 0.717) is 0 Å². The highest BCUT2D eigenvalue weighted by atomic mass is 35.5. The topological polar surface area (TPSA) is 26.3 Å². The summed E-state index contributed by atoms with van der Waals surface area (Å²) < 4.78 is 1.94. The highest BCUT2D eigenvalue weighted by Gasteiger charge is 2.73. The van der Waals surface area contributed by atoms with E-state index in [9.17, 15) is 4.79 Å². The molecule has 2 bridgehead atoms. The lowest BCUT2D eigenvalue weighted by Gasteiger charge is -2.49. The van der Waals surface area contributed by atoms with Gasteiger partial charge in [0.1, 0.15) is 11.2 Å². The van der Waals surface area contributed by atoms with Gasteiger partial charge in [-0.1, -0.05) is 65.1 Å². The average Bonchev–Trinajstić information content (AvgIpc) is 2.55. The number of ether oxygens (including phenoxy) is 1. The van der Waals surface area contributed by atoms with E-state index in [0.717, 1.165) is 0 Å². The molecule has 0 saturated carbocycles. The molecule has 1 fully saturated rings. The SMILES string of the molecule is C=CC12C=CC(C)(O1)C(Cl)(Cl)C(=O)C2(Cl)Cl. The highest BCUT2D eigenvalue weighted by Crippen LogP contribution is 2.59. The van der Waals surface area contributed by atoms with Gasteiger partial charge in [-0.3, -0.25) is 4.79 Å². The number of halogens is 4. The van der Waals surface area contributed by atoms with Crippen molar-refractivity contribution in [3.63, 3.8) is 0 Å². The Labute approximate surface area is 113 Å². The molecular weight excluding hydrogens is 294 g/mol. The Morgan fingerprint density at radius 3 is 2.31 bits per heavy atom. The lowest BCUT2D eigenvalue weighted by atomic mass is 9.89. The maximum atomic E-state index is 12.1. The summed E-state index contributed by atoms with van der Waals surface area (Å²) in [7, 11) is 0. The smallest absolute Gasteiger partial charge is 0.214 e. The predicted molar refractivity (Wildman–Crippen MR) is 65.4 cm³/mol. The molecule has 0 aliphatic carbocycles. The standard InChI is InChI=1S/C10H8Cl4O2/c1-3-8-5-4-7(2,16-8)9(11,12)6(15)10(8,13)14/h3-5H,1H2,2H3. The van der Waals surface area contributed by atoms with Crippen LogP contribution in [0.25, 0.3) is 0 Å². The van der Waals surface area contributed by atoms with Gasteiger partial charge in [0.2, 0.25) is 14.4 Å². The first-order valence-corrected chi connectivity index (χ1v) is 5.99. The van der Waals surface area contributed by atoms with Crippen molar-refractivity contribution in [2.24, 2.45) is 0 Å². The first kappa shape index (κ1) is 12.7. The number of ketones is 1. The van der Waals surface area contributed by atoms with Gasteiger partial charge in [-0.15, -0.1) is 0 Å². The molecule has 0 aromatic rings. The molecular formula is C10H8Cl4O2. The van der Waals surface area contributed by atoms with E-state index in [1.807, 2.05) is 0 Å². The van der Waals surface area contributed by atoms with Crippen LogP contribution in [0.15, 0.2) is 24.8 Å². The van der Waals surface area contributed by atoms with Crippen molar-refractivity contribution in [3.05, 3.63) is 24.8 Å². The number of carbonyl (C=O) groups excluding carboxylic acids is 1. The third kappa shape index (κ3) is 1.17. The van der Waals surface area contributed by atoms with E-state index in [4.69, 9.17) is 51.1 Å². The van der Waals surface area contributed by atoms with Crippen molar-refractivity contribution in [1.82, 2.24) is 0 Å². The first-order chi connectivity index (χ1) is 7.13. The summed E-state index contributed by atoms with van der Waals surface area (Å²) in [5, 5.41) is 0. The van der Waals surface area contributed by atoms with E-state index >= 15 is 0 Å². The summed E-state index contributed by atoms with van der Waals surface area (Å²) >= 11 is 24.0. The van der Waals surface area contributed by atoms with E-state index in [-0.39, 0.29) is 0 Å². The van der Waals surface area contributed by atoms with Crippen LogP contribution in [0.4, 0.5) is 0 Å². The van der Waals surface area contributed by atoms with Crippen LogP contribution in [0.3, 0.4) is 0 Å². The molecule has 2 aliphatic rings. The molecule has 0 aromatic heterocycles. The number of Topliss-reactive ketones (excluding diaryl/α,β-unsaturated/α-hetero) is 1. The van der Waals surface area contributed by atoms with Crippen LogP contribution < -0.4 is 0 Å². The van der Waals surface area contributed by atoms with E-state index in [1.54, 1.807) is 19.1 Å². The van der Waals surface area contributed by atoms with Crippen molar-refractivity contribution >= 4 is 52.2 Å². The number of hydrogen-bond acceptors (Lipinski definition) is 2. The Bertz CT molecular complexity index is 415. The van der Waals surface area contributed by atoms with E-state index in [1.165, 1.54) is 6.08 Å². The minimum absolute atomic E-state index is 0.703. The third-order valence-corrected chi connectivity index (χ3v) is 5.05. The zero-order valence-corrected chi connectivity index (χ0v) is 11.3. The molecule has 16 heavy (non-hydrogen) atoms. The number of fused-ring (bicyclic) bond motifs is 2. The summed E-state index contributed by atoms with van der Waals surface area (Å²) in [5.74, 6) is -0.703. The average molecular weight is 302 g/mol. The Morgan fingerprint density at radius 2 is 1.81 bits per heavy atom. The lowest BCUT2D eigenvalue weighted by Crippen LogP contribution is -2.67. The molecule has 6 heteroatoms. The monoisotopic (exact) mass is 300 g/mol. The maximum Gasteiger partial charge on any atom is 0.214 e. The van der Waals surface area contributed by atoms with Crippen LogP contribution in [0, 0.1) is 0 Å². The molecule has 0 N–H and O–H groups in total. The number of hydrogen-bond donors (Lipinski definition) is 0. The number of alkyl halides is 4. The molecule has 0 spiro atoms. The molecule has 0 amide bonds. The largest absolute Gasteiger partial charge is 0.349 e. The van der Waals surface area contributed by atoms with Gasteiger partial charge in [0.25, 0.3) is 0 Å². The highest BCUT2D eigenvalue weighted by molar-refractivity contribution is 6.70. The van der Waals surface area contributed by atoms with Gasteiger partial charge in [-0.05, 0) is 13.0 Å². The fourth-order valence-electron chi connectivity index (χ4n) is 1.88. The second-order valence-corrected chi connectivity index (χ2v) is 6.67. The van der Waals surface area contributed by atoms with Crippen LogP contribution in [-0.2, 0) is 9.53 Å². The van der Waals surface area contributed by atoms with Crippen LogP contribution in [0.2, 0.25) is 0 Å². The van der Waals surface area contributed by atoms with Crippen molar-refractivity contribution in [3.8, 4) is 0 Å². The summed E-state index contributed by atoms with van der Waals surface area (Å²) in [4.78, 5) is 12.1. The Morgan fingerprint density at radius 1 is 1.25 bits per heavy atom. The zero-order valence-electron chi connectivity index (χ0n) is 8.27. The van der Waals surface area contributed by atoms with Crippen molar-refractivity contribution in [2.45, 2.75) is 26.8 Å². The fourth-order valence-corrected chi connectivity index (χ4v) is 3.20. The van der Waals surface area contributed by atoms with Crippen LogP contribution >= 0.6 is 46.4 Å². The molecule has 88 valence electrons. The lowest BCUT2D eigenvalue weighted by molar-refractivity contribution is -0.148. The van der Waals surface area contributed by atoms with E-state index < -0.39 is 25.7 Å². The molecule has 2 heterocycles. The fraction of sp³-hybridized carbons (Fsp3) is 0.500. The molecule has 0 radical (unpaired) electrons. The normalized spacial score (nSPS) is 43.4. The Balaban J connectivity index is 2.67. The first-order valence-electron chi connectivity index (χ1n) is 4.48. The Kier molecular flexibility index (Phi) is 2.53. The minimum Gasteiger partial charge on any atom is -0.349 e. The molecule has 1 saturated heterocycles.